The number of nitrogens with one attached hydrogen (secondary N) is 2. The van der Waals surface area contributed by atoms with Crippen molar-refractivity contribution < 1.29 is 0 Å². The van der Waals surface area contributed by atoms with Gasteiger partial charge in [0.15, 0.2) is 0 Å². The van der Waals surface area contributed by atoms with Crippen molar-refractivity contribution in [3.05, 3.63) is 26.3 Å². The molecule has 0 saturated carbocycles. The van der Waals surface area contributed by atoms with Gasteiger partial charge in [-0.2, -0.15) is 4.37 Å². The van der Waals surface area contributed by atoms with Gasteiger partial charge in [-0.1, -0.05) is 11.3 Å². The lowest BCUT2D eigenvalue weighted by molar-refractivity contribution is 1.06. The highest BCUT2D eigenvalue weighted by Gasteiger charge is 2.06. The number of nitrogens with two attached hydrogens (primary N) is 1. The summed E-state index contributed by atoms with van der Waals surface area (Å²) in [5.41, 5.74) is 7.44. The first-order valence-electron chi connectivity index (χ1n) is 4.29. The fourth-order valence-electron chi connectivity index (χ4n) is 1.09. The van der Waals surface area contributed by atoms with E-state index in [0.717, 1.165) is 27.6 Å². The fourth-order valence-corrected chi connectivity index (χ4v) is 2.38. The van der Waals surface area contributed by atoms with Gasteiger partial charge in [-0.25, -0.2) is 0 Å². The summed E-state index contributed by atoms with van der Waals surface area (Å²) in [5.74, 6) is 0.557. The third-order valence-corrected chi connectivity index (χ3v) is 3.61. The average Bonchev–Trinajstić information content (AvgIpc) is 2.74. The molecule has 2 rings (SSSR count). The third-order valence-electron chi connectivity index (χ3n) is 1.97. The maximum Gasteiger partial charge on any atom is 0.304 e. The Morgan fingerprint density at radius 2 is 2.47 bits per heavy atom. The molecule has 2 aromatic heterocycles. The molecule has 0 atom stereocenters. The summed E-state index contributed by atoms with van der Waals surface area (Å²) in [6.45, 7) is 2.50. The lowest BCUT2D eigenvalue weighted by Gasteiger charge is -2.01. The number of nitrogen functional groups attached to an aromatic ring is 1. The van der Waals surface area contributed by atoms with E-state index in [0.29, 0.717) is 12.4 Å². The molecule has 0 aliphatic heterocycles. The summed E-state index contributed by atoms with van der Waals surface area (Å²) in [7, 11) is 0. The molecule has 0 spiro atoms. The molecule has 2 aromatic rings. The van der Waals surface area contributed by atoms with Gasteiger partial charge in [-0.05, 0) is 18.5 Å². The van der Waals surface area contributed by atoms with Gasteiger partial charge in [-0.3, -0.25) is 4.79 Å². The maximum atomic E-state index is 10.9. The van der Waals surface area contributed by atoms with E-state index in [2.05, 4.69) is 14.7 Å². The first-order chi connectivity index (χ1) is 7.16. The molecule has 0 unspecified atom stereocenters. The highest BCUT2D eigenvalue weighted by molar-refractivity contribution is 7.10. The third kappa shape index (κ3) is 2.18. The lowest BCUT2D eigenvalue weighted by Crippen LogP contribution is -2.02. The zero-order chi connectivity index (χ0) is 10.8. The SMILES string of the molecule is Cc1c(N)nsc1NCc1csc(=O)[nH]1. The van der Waals surface area contributed by atoms with Crippen molar-refractivity contribution in [3.8, 4) is 0 Å². The van der Waals surface area contributed by atoms with Crippen molar-refractivity contribution >= 4 is 33.7 Å². The monoisotopic (exact) mass is 242 g/mol. The van der Waals surface area contributed by atoms with Crippen molar-refractivity contribution in [2.24, 2.45) is 0 Å². The van der Waals surface area contributed by atoms with Gasteiger partial charge in [0, 0.05) is 16.6 Å². The van der Waals surface area contributed by atoms with E-state index in [1.807, 2.05) is 6.92 Å². The molecule has 0 bridgehead atoms. The molecule has 7 heteroatoms. The number of hydrogen-bond donors (Lipinski definition) is 3. The van der Waals surface area contributed by atoms with Gasteiger partial charge in [0.05, 0.1) is 6.54 Å². The topological polar surface area (TPSA) is 83.8 Å². The molecule has 0 radical (unpaired) electrons. The molecule has 0 saturated heterocycles. The number of H-pyrrole nitrogens is 1. The van der Waals surface area contributed by atoms with Crippen LogP contribution in [0, 0.1) is 6.92 Å². The van der Waals surface area contributed by atoms with E-state index in [9.17, 15) is 4.79 Å². The Hall–Kier alpha value is -1.34. The van der Waals surface area contributed by atoms with Gasteiger partial charge in [0.2, 0.25) is 0 Å². The van der Waals surface area contributed by atoms with E-state index in [1.165, 1.54) is 11.5 Å². The Kier molecular flexibility index (Phi) is 2.74. The Labute approximate surface area is 94.1 Å². The van der Waals surface area contributed by atoms with Crippen LogP contribution in [-0.4, -0.2) is 9.36 Å². The van der Waals surface area contributed by atoms with Crippen LogP contribution in [0.25, 0.3) is 0 Å². The lowest BCUT2D eigenvalue weighted by atomic mass is 10.3. The Morgan fingerprint density at radius 1 is 1.67 bits per heavy atom. The largest absolute Gasteiger partial charge is 0.383 e. The molecule has 0 amide bonds. The summed E-state index contributed by atoms with van der Waals surface area (Å²) in [6, 6.07) is 0. The second-order valence-corrected chi connectivity index (χ2v) is 4.66. The van der Waals surface area contributed by atoms with Crippen LogP contribution in [0.1, 0.15) is 11.3 Å². The Balaban J connectivity index is 2.05. The normalized spacial score (nSPS) is 10.5. The molecule has 0 aliphatic carbocycles. The van der Waals surface area contributed by atoms with Crippen LogP contribution < -0.4 is 15.9 Å². The quantitative estimate of drug-likeness (QED) is 0.759. The minimum absolute atomic E-state index is 0.0349. The summed E-state index contributed by atoms with van der Waals surface area (Å²) < 4.78 is 4.02. The van der Waals surface area contributed by atoms with E-state index in [1.54, 1.807) is 5.38 Å². The number of nitrogens with zero attached hydrogens (tertiary/aromatic N) is 1. The molecule has 0 aliphatic rings. The highest BCUT2D eigenvalue weighted by Crippen LogP contribution is 2.25. The van der Waals surface area contributed by atoms with Gasteiger partial charge in [0.25, 0.3) is 0 Å². The van der Waals surface area contributed by atoms with E-state index >= 15 is 0 Å². The number of thiazole rings is 1. The van der Waals surface area contributed by atoms with Crippen molar-refractivity contribution in [3.63, 3.8) is 0 Å². The molecule has 5 nitrogen and oxygen atoms in total. The second kappa shape index (κ2) is 4.03. The average molecular weight is 242 g/mol. The summed E-state index contributed by atoms with van der Waals surface area (Å²) in [4.78, 5) is 13.6. The molecule has 0 aromatic carbocycles. The number of rotatable bonds is 3. The number of anilines is 2. The number of aromatic nitrogens is 2. The molecule has 0 fully saturated rings. The predicted molar refractivity (Wildman–Crippen MR) is 63.5 cm³/mol. The van der Waals surface area contributed by atoms with Crippen LogP contribution in [0.4, 0.5) is 10.8 Å². The second-order valence-electron chi connectivity index (χ2n) is 3.05. The van der Waals surface area contributed by atoms with Crippen molar-refractivity contribution in [2.45, 2.75) is 13.5 Å². The first kappa shape index (κ1) is 10.2. The van der Waals surface area contributed by atoms with Gasteiger partial charge >= 0.3 is 4.87 Å². The fraction of sp³-hybridized carbons (Fsp3) is 0.250. The number of aromatic amines is 1. The molecule has 4 N–H and O–H groups in total. The molecular weight excluding hydrogens is 232 g/mol. The zero-order valence-electron chi connectivity index (χ0n) is 8.03. The van der Waals surface area contributed by atoms with Crippen molar-refractivity contribution in [1.29, 1.82) is 0 Å². The van der Waals surface area contributed by atoms with Crippen LogP contribution in [0.15, 0.2) is 10.2 Å². The minimum Gasteiger partial charge on any atom is -0.383 e. The molecule has 2 heterocycles. The standard InChI is InChI=1S/C8H10N4OS2/c1-4-6(9)12-15-7(4)10-2-5-3-14-8(13)11-5/h3,10H,2H2,1H3,(H2,9,12)(H,11,13). The smallest absolute Gasteiger partial charge is 0.304 e. The number of hydrogen-bond acceptors (Lipinski definition) is 6. The van der Waals surface area contributed by atoms with Gasteiger partial charge in [-0.15, -0.1) is 0 Å². The first-order valence-corrected chi connectivity index (χ1v) is 5.94. The van der Waals surface area contributed by atoms with Crippen LogP contribution >= 0.6 is 22.9 Å². The molecule has 15 heavy (non-hydrogen) atoms. The molecular formula is C8H10N4OS2. The van der Waals surface area contributed by atoms with Crippen LogP contribution in [0.5, 0.6) is 0 Å². The molecule has 80 valence electrons. The Bertz CT molecular complexity index is 513. The zero-order valence-corrected chi connectivity index (χ0v) is 9.67. The summed E-state index contributed by atoms with van der Waals surface area (Å²) in [6.07, 6.45) is 0. The van der Waals surface area contributed by atoms with E-state index in [4.69, 9.17) is 5.73 Å². The van der Waals surface area contributed by atoms with Gasteiger partial charge in [0.1, 0.15) is 10.8 Å². The maximum absolute atomic E-state index is 10.9. The Morgan fingerprint density at radius 3 is 3.00 bits per heavy atom. The van der Waals surface area contributed by atoms with E-state index in [-0.39, 0.29) is 4.87 Å². The summed E-state index contributed by atoms with van der Waals surface area (Å²) >= 11 is 2.49. The van der Waals surface area contributed by atoms with Crippen LogP contribution in [-0.2, 0) is 6.54 Å². The van der Waals surface area contributed by atoms with Crippen molar-refractivity contribution in [2.75, 3.05) is 11.1 Å². The minimum atomic E-state index is -0.0349. The predicted octanol–water partition coefficient (Wildman–Crippen LogP) is 1.40. The highest BCUT2D eigenvalue weighted by atomic mass is 32.1. The van der Waals surface area contributed by atoms with Crippen molar-refractivity contribution in [1.82, 2.24) is 9.36 Å². The summed E-state index contributed by atoms with van der Waals surface area (Å²) in [5, 5.41) is 5.92. The van der Waals surface area contributed by atoms with Crippen LogP contribution in [0.2, 0.25) is 0 Å². The van der Waals surface area contributed by atoms with Gasteiger partial charge < -0.3 is 16.0 Å². The van der Waals surface area contributed by atoms with E-state index < -0.39 is 0 Å². The van der Waals surface area contributed by atoms with Crippen LogP contribution in [0.3, 0.4) is 0 Å².